The van der Waals surface area contributed by atoms with E-state index in [1.807, 2.05) is 23.9 Å². The third kappa shape index (κ3) is 2.98. The predicted molar refractivity (Wildman–Crippen MR) is 73.5 cm³/mol. The third-order valence-electron chi connectivity index (χ3n) is 2.65. The molecular formula is C11H14Cl2N2S. The van der Waals surface area contributed by atoms with Gasteiger partial charge in [0, 0.05) is 31.1 Å². The number of thioether (sulfide) groups is 1. The first-order chi connectivity index (χ1) is 7.66. The smallest absolute Gasteiger partial charge is 0.0693 e. The standard InChI is InChI=1S/C11H14Cl2N2S/c12-9-5-8(6-10(13)11(9)14)7-15-1-3-16-4-2-15/h5-6H,1-4,7,14H2. The molecule has 1 aromatic rings. The fourth-order valence-electron chi connectivity index (χ4n) is 1.75. The van der Waals surface area contributed by atoms with Gasteiger partial charge in [0.2, 0.25) is 0 Å². The highest BCUT2D eigenvalue weighted by atomic mass is 35.5. The zero-order valence-corrected chi connectivity index (χ0v) is 11.2. The van der Waals surface area contributed by atoms with Gasteiger partial charge in [0.05, 0.1) is 15.7 Å². The molecule has 0 aliphatic carbocycles. The molecule has 0 aromatic heterocycles. The van der Waals surface area contributed by atoms with Crippen LogP contribution in [-0.2, 0) is 6.54 Å². The Bertz CT molecular complexity index is 355. The van der Waals surface area contributed by atoms with E-state index in [4.69, 9.17) is 28.9 Å². The lowest BCUT2D eigenvalue weighted by molar-refractivity contribution is 0.294. The fraction of sp³-hybridized carbons (Fsp3) is 0.455. The first-order valence-electron chi connectivity index (χ1n) is 5.20. The molecule has 0 radical (unpaired) electrons. The van der Waals surface area contributed by atoms with Crippen LogP contribution >= 0.6 is 35.0 Å². The monoisotopic (exact) mass is 276 g/mol. The zero-order valence-electron chi connectivity index (χ0n) is 8.88. The summed E-state index contributed by atoms with van der Waals surface area (Å²) in [6.45, 7) is 3.16. The lowest BCUT2D eigenvalue weighted by Crippen LogP contribution is -2.31. The Labute approximate surface area is 110 Å². The van der Waals surface area contributed by atoms with E-state index in [1.165, 1.54) is 11.5 Å². The topological polar surface area (TPSA) is 29.3 Å². The summed E-state index contributed by atoms with van der Waals surface area (Å²) in [5.74, 6) is 2.41. The van der Waals surface area contributed by atoms with Crippen LogP contribution in [0.2, 0.25) is 10.0 Å². The summed E-state index contributed by atoms with van der Waals surface area (Å²) in [4.78, 5) is 2.41. The maximum atomic E-state index is 6.00. The molecule has 5 heteroatoms. The summed E-state index contributed by atoms with van der Waals surface area (Å²) in [5.41, 5.74) is 7.31. The average molecular weight is 277 g/mol. The van der Waals surface area contributed by atoms with Gasteiger partial charge in [0.25, 0.3) is 0 Å². The van der Waals surface area contributed by atoms with Crippen LogP contribution in [0.1, 0.15) is 5.56 Å². The SMILES string of the molecule is Nc1c(Cl)cc(CN2CCSCC2)cc1Cl. The van der Waals surface area contributed by atoms with Crippen molar-refractivity contribution in [3.05, 3.63) is 27.7 Å². The summed E-state index contributed by atoms with van der Waals surface area (Å²) < 4.78 is 0. The van der Waals surface area contributed by atoms with Crippen molar-refractivity contribution in [3.8, 4) is 0 Å². The number of halogens is 2. The Hall–Kier alpha value is -0.0900. The van der Waals surface area contributed by atoms with Crippen LogP contribution < -0.4 is 5.73 Å². The third-order valence-corrected chi connectivity index (χ3v) is 4.22. The first-order valence-corrected chi connectivity index (χ1v) is 7.11. The quantitative estimate of drug-likeness (QED) is 0.842. The van der Waals surface area contributed by atoms with E-state index in [-0.39, 0.29) is 0 Å². The van der Waals surface area contributed by atoms with Crippen LogP contribution in [0.4, 0.5) is 5.69 Å². The van der Waals surface area contributed by atoms with E-state index >= 15 is 0 Å². The lowest BCUT2D eigenvalue weighted by Gasteiger charge is -2.26. The molecule has 0 bridgehead atoms. The fourth-order valence-corrected chi connectivity index (χ4v) is 3.26. The van der Waals surface area contributed by atoms with Gasteiger partial charge in [-0.25, -0.2) is 0 Å². The van der Waals surface area contributed by atoms with Gasteiger partial charge in [0.1, 0.15) is 0 Å². The Kier molecular flexibility index (Phi) is 4.25. The highest BCUT2D eigenvalue weighted by molar-refractivity contribution is 7.99. The molecule has 1 aliphatic rings. The van der Waals surface area contributed by atoms with E-state index in [9.17, 15) is 0 Å². The molecule has 0 amide bonds. The van der Waals surface area contributed by atoms with Gasteiger partial charge >= 0.3 is 0 Å². The number of anilines is 1. The van der Waals surface area contributed by atoms with Gasteiger partial charge in [-0.05, 0) is 17.7 Å². The van der Waals surface area contributed by atoms with E-state index in [0.29, 0.717) is 15.7 Å². The second kappa shape index (κ2) is 5.50. The summed E-state index contributed by atoms with van der Waals surface area (Å²) in [5, 5.41) is 1.10. The van der Waals surface area contributed by atoms with Crippen LogP contribution in [0.3, 0.4) is 0 Å². The molecule has 0 unspecified atom stereocenters. The number of hydrogen-bond donors (Lipinski definition) is 1. The predicted octanol–water partition coefficient (Wildman–Crippen LogP) is 3.12. The normalized spacial score (nSPS) is 17.6. The van der Waals surface area contributed by atoms with E-state index in [1.54, 1.807) is 0 Å². The molecule has 0 saturated carbocycles. The van der Waals surface area contributed by atoms with Crippen LogP contribution in [-0.4, -0.2) is 29.5 Å². The Morgan fingerprint density at radius 1 is 1.19 bits per heavy atom. The Morgan fingerprint density at radius 2 is 1.75 bits per heavy atom. The maximum absolute atomic E-state index is 6.00. The van der Waals surface area contributed by atoms with Gasteiger partial charge in [-0.2, -0.15) is 11.8 Å². The summed E-state index contributed by atoms with van der Waals surface area (Å²) in [7, 11) is 0. The molecule has 88 valence electrons. The number of nitrogens with two attached hydrogens (primary N) is 1. The number of hydrogen-bond acceptors (Lipinski definition) is 3. The molecule has 1 aliphatic heterocycles. The number of nitrogen functional groups attached to an aromatic ring is 1. The minimum Gasteiger partial charge on any atom is -0.396 e. The summed E-state index contributed by atoms with van der Waals surface area (Å²) in [6, 6.07) is 3.81. The molecule has 2 N–H and O–H groups in total. The second-order valence-corrected chi connectivity index (χ2v) is 5.90. The van der Waals surface area contributed by atoms with Crippen LogP contribution in [0.15, 0.2) is 12.1 Å². The summed E-state index contributed by atoms with van der Waals surface area (Å²) in [6.07, 6.45) is 0. The summed E-state index contributed by atoms with van der Waals surface area (Å²) >= 11 is 14.0. The maximum Gasteiger partial charge on any atom is 0.0693 e. The first kappa shape index (κ1) is 12.4. The Morgan fingerprint density at radius 3 is 2.31 bits per heavy atom. The highest BCUT2D eigenvalue weighted by Gasteiger charge is 2.12. The highest BCUT2D eigenvalue weighted by Crippen LogP contribution is 2.29. The van der Waals surface area contributed by atoms with Gasteiger partial charge in [0.15, 0.2) is 0 Å². The van der Waals surface area contributed by atoms with Crippen molar-refractivity contribution >= 4 is 40.7 Å². The molecule has 1 fully saturated rings. The molecular weight excluding hydrogens is 263 g/mol. The van der Waals surface area contributed by atoms with Crippen molar-refractivity contribution in [2.75, 3.05) is 30.3 Å². The number of benzene rings is 1. The minimum atomic E-state index is 0.473. The minimum absolute atomic E-state index is 0.473. The molecule has 1 aromatic carbocycles. The van der Waals surface area contributed by atoms with Gasteiger partial charge in [-0.15, -0.1) is 0 Å². The van der Waals surface area contributed by atoms with E-state index in [0.717, 1.165) is 25.2 Å². The lowest BCUT2D eigenvalue weighted by atomic mass is 10.2. The molecule has 1 saturated heterocycles. The van der Waals surface area contributed by atoms with Crippen molar-refractivity contribution in [2.24, 2.45) is 0 Å². The van der Waals surface area contributed by atoms with Crippen molar-refractivity contribution in [1.29, 1.82) is 0 Å². The van der Waals surface area contributed by atoms with Crippen LogP contribution in [0.5, 0.6) is 0 Å². The van der Waals surface area contributed by atoms with Crippen LogP contribution in [0, 0.1) is 0 Å². The van der Waals surface area contributed by atoms with E-state index < -0.39 is 0 Å². The molecule has 2 nitrogen and oxygen atoms in total. The van der Waals surface area contributed by atoms with Gasteiger partial charge < -0.3 is 5.73 Å². The van der Waals surface area contributed by atoms with Gasteiger partial charge in [-0.3, -0.25) is 4.90 Å². The molecule has 0 spiro atoms. The van der Waals surface area contributed by atoms with E-state index in [2.05, 4.69) is 4.90 Å². The van der Waals surface area contributed by atoms with Gasteiger partial charge in [-0.1, -0.05) is 23.2 Å². The van der Waals surface area contributed by atoms with Crippen LogP contribution in [0.25, 0.3) is 0 Å². The molecule has 16 heavy (non-hydrogen) atoms. The molecule has 1 heterocycles. The molecule has 2 rings (SSSR count). The average Bonchev–Trinajstić information content (AvgIpc) is 2.27. The van der Waals surface area contributed by atoms with Crippen molar-refractivity contribution in [2.45, 2.75) is 6.54 Å². The second-order valence-electron chi connectivity index (χ2n) is 3.86. The largest absolute Gasteiger partial charge is 0.396 e. The number of nitrogens with zero attached hydrogens (tertiary/aromatic N) is 1. The van der Waals surface area contributed by atoms with Crippen molar-refractivity contribution in [1.82, 2.24) is 4.90 Å². The zero-order chi connectivity index (χ0) is 11.5. The Balaban J connectivity index is 2.09. The van der Waals surface area contributed by atoms with Crippen molar-refractivity contribution in [3.63, 3.8) is 0 Å². The number of rotatable bonds is 2. The van der Waals surface area contributed by atoms with Crippen molar-refractivity contribution < 1.29 is 0 Å². The molecule has 0 atom stereocenters.